The molecule has 4 rings (SSSR count). The van der Waals surface area contributed by atoms with Crippen LogP contribution in [-0.2, 0) is 24.1 Å². The predicted octanol–water partition coefficient (Wildman–Crippen LogP) is 4.24. The fourth-order valence-corrected chi connectivity index (χ4v) is 4.76. The van der Waals surface area contributed by atoms with Gasteiger partial charge >= 0.3 is 6.09 Å². The van der Waals surface area contributed by atoms with Gasteiger partial charge in [-0.25, -0.2) is 4.79 Å². The molecule has 2 N–H and O–H groups in total. The van der Waals surface area contributed by atoms with Crippen LogP contribution in [0.5, 0.6) is 0 Å². The number of aliphatic hydroxyl groups excluding tert-OH is 1. The highest BCUT2D eigenvalue weighted by molar-refractivity contribution is 5.69. The zero-order valence-corrected chi connectivity index (χ0v) is 19.3. The molecule has 0 fully saturated rings. The average molecular weight is 454 g/mol. The lowest BCUT2D eigenvalue weighted by Crippen LogP contribution is -2.56. The Labute approximate surface area is 193 Å². The Morgan fingerprint density at radius 2 is 1.97 bits per heavy atom. The Hall–Kier alpha value is -2.97. The van der Waals surface area contributed by atoms with Gasteiger partial charge in [-0.1, -0.05) is 30.3 Å². The molecule has 1 heterocycles. The van der Waals surface area contributed by atoms with Crippen LogP contribution in [0.3, 0.4) is 0 Å². The van der Waals surface area contributed by atoms with Crippen molar-refractivity contribution in [3.05, 3.63) is 74.8 Å². The molecular formula is C25H31N3O5. The Balaban J connectivity index is 1.61. The normalized spacial score (nSPS) is 21.0. The van der Waals surface area contributed by atoms with Crippen molar-refractivity contribution < 1.29 is 19.6 Å². The molecule has 8 nitrogen and oxygen atoms in total. The number of nitro benzene ring substituents is 1. The monoisotopic (exact) mass is 453 g/mol. The van der Waals surface area contributed by atoms with Gasteiger partial charge < -0.3 is 9.84 Å². The summed E-state index contributed by atoms with van der Waals surface area (Å²) in [6.07, 6.45) is 1.77. The van der Waals surface area contributed by atoms with Gasteiger partial charge in [0.05, 0.1) is 17.5 Å². The minimum Gasteiger partial charge on any atom is -0.444 e. The summed E-state index contributed by atoms with van der Waals surface area (Å²) in [5, 5.41) is 25.9. The molecule has 0 saturated heterocycles. The Morgan fingerprint density at radius 3 is 2.70 bits per heavy atom. The second-order valence-corrected chi connectivity index (χ2v) is 9.84. The number of nitro groups is 1. The molecule has 2 aromatic rings. The van der Waals surface area contributed by atoms with Crippen molar-refractivity contribution in [2.75, 3.05) is 0 Å². The standard InChI is InChI=1S/C25H31N3O5/c1-25(2,3)33-24(30)27-15-18-13-19(28(31)32)12-11-17(18)14-22(27)23(29)26-21-10-6-8-16-7-4-5-9-20(16)21/h4-5,7,9,11-13,21-23,26,29H,6,8,10,14-15H2,1-3H3. The van der Waals surface area contributed by atoms with Crippen LogP contribution in [-0.4, -0.2) is 38.9 Å². The molecule has 8 heteroatoms. The molecule has 0 radical (unpaired) electrons. The summed E-state index contributed by atoms with van der Waals surface area (Å²) < 4.78 is 5.61. The maximum Gasteiger partial charge on any atom is 0.410 e. The van der Waals surface area contributed by atoms with Gasteiger partial charge in [0.2, 0.25) is 0 Å². The van der Waals surface area contributed by atoms with E-state index in [1.807, 2.05) is 12.1 Å². The number of benzene rings is 2. The number of amides is 1. The minimum absolute atomic E-state index is 0.0105. The number of nitrogens with zero attached hydrogens (tertiary/aromatic N) is 2. The molecule has 0 spiro atoms. The van der Waals surface area contributed by atoms with E-state index in [4.69, 9.17) is 4.74 Å². The number of non-ortho nitro benzene ring substituents is 1. The van der Waals surface area contributed by atoms with Crippen LogP contribution in [0.4, 0.5) is 10.5 Å². The summed E-state index contributed by atoms with van der Waals surface area (Å²) >= 11 is 0. The molecule has 3 atom stereocenters. The molecule has 1 aliphatic carbocycles. The molecule has 1 aliphatic heterocycles. The van der Waals surface area contributed by atoms with Crippen molar-refractivity contribution in [2.45, 2.75) is 76.9 Å². The van der Waals surface area contributed by atoms with E-state index in [9.17, 15) is 20.0 Å². The van der Waals surface area contributed by atoms with Gasteiger partial charge in [0.1, 0.15) is 11.8 Å². The van der Waals surface area contributed by atoms with Gasteiger partial charge in [0.25, 0.3) is 5.69 Å². The molecule has 0 saturated carbocycles. The lowest BCUT2D eigenvalue weighted by Gasteiger charge is -2.41. The van der Waals surface area contributed by atoms with E-state index in [-0.39, 0.29) is 18.3 Å². The summed E-state index contributed by atoms with van der Waals surface area (Å²) in [7, 11) is 0. The Bertz CT molecular complexity index is 1050. The number of nitrogens with one attached hydrogen (secondary N) is 1. The van der Waals surface area contributed by atoms with Crippen molar-refractivity contribution in [2.24, 2.45) is 0 Å². The number of hydrogen-bond donors (Lipinski definition) is 2. The number of hydrogen-bond acceptors (Lipinski definition) is 6. The SMILES string of the molecule is CC(C)(C)OC(=O)N1Cc2cc([N+](=O)[O-])ccc2CC1C(O)NC1CCCc2ccccc21. The van der Waals surface area contributed by atoms with Gasteiger partial charge in [-0.2, -0.15) is 0 Å². The second kappa shape index (κ2) is 9.11. The average Bonchev–Trinajstić information content (AvgIpc) is 2.76. The Kier molecular flexibility index (Phi) is 6.41. The molecule has 3 unspecified atom stereocenters. The van der Waals surface area contributed by atoms with Crippen molar-refractivity contribution in [1.82, 2.24) is 10.2 Å². The molecular weight excluding hydrogens is 422 g/mol. The summed E-state index contributed by atoms with van der Waals surface area (Å²) in [6.45, 7) is 5.50. The molecule has 2 aromatic carbocycles. The van der Waals surface area contributed by atoms with Crippen LogP contribution in [0.25, 0.3) is 0 Å². The van der Waals surface area contributed by atoms with Gasteiger partial charge in [-0.15, -0.1) is 0 Å². The van der Waals surface area contributed by atoms with Crippen molar-refractivity contribution in [1.29, 1.82) is 0 Å². The lowest BCUT2D eigenvalue weighted by molar-refractivity contribution is -0.385. The van der Waals surface area contributed by atoms with Crippen molar-refractivity contribution >= 4 is 11.8 Å². The van der Waals surface area contributed by atoms with Crippen LogP contribution in [0.15, 0.2) is 42.5 Å². The largest absolute Gasteiger partial charge is 0.444 e. The van der Waals surface area contributed by atoms with Crippen molar-refractivity contribution in [3.8, 4) is 0 Å². The predicted molar refractivity (Wildman–Crippen MR) is 124 cm³/mol. The van der Waals surface area contributed by atoms with Crippen molar-refractivity contribution in [3.63, 3.8) is 0 Å². The molecule has 176 valence electrons. The maximum atomic E-state index is 13.1. The topological polar surface area (TPSA) is 105 Å². The van der Waals surface area contributed by atoms with Crippen LogP contribution in [0, 0.1) is 10.1 Å². The smallest absolute Gasteiger partial charge is 0.410 e. The number of aryl methyl sites for hydroxylation is 1. The highest BCUT2D eigenvalue weighted by Gasteiger charge is 2.38. The third-order valence-corrected chi connectivity index (χ3v) is 6.30. The fraction of sp³-hybridized carbons (Fsp3) is 0.480. The lowest BCUT2D eigenvalue weighted by atomic mass is 9.87. The number of fused-ring (bicyclic) bond motifs is 2. The summed E-state index contributed by atoms with van der Waals surface area (Å²) in [4.78, 5) is 25.4. The van der Waals surface area contributed by atoms with E-state index < -0.39 is 28.9 Å². The third kappa shape index (κ3) is 5.17. The van der Waals surface area contributed by atoms with E-state index in [2.05, 4.69) is 17.4 Å². The summed E-state index contributed by atoms with van der Waals surface area (Å²) in [6, 6.07) is 12.3. The first-order valence-corrected chi connectivity index (χ1v) is 11.4. The van der Waals surface area contributed by atoms with E-state index in [1.165, 1.54) is 28.2 Å². The summed E-state index contributed by atoms with van der Waals surface area (Å²) in [5.74, 6) is 0. The van der Waals surface area contributed by atoms with Crippen LogP contribution in [0.1, 0.15) is 61.9 Å². The molecule has 2 aliphatic rings. The van der Waals surface area contributed by atoms with Crippen LogP contribution in [0.2, 0.25) is 0 Å². The zero-order valence-electron chi connectivity index (χ0n) is 19.3. The first-order chi connectivity index (χ1) is 15.6. The number of rotatable bonds is 4. The first-order valence-electron chi connectivity index (χ1n) is 11.4. The van der Waals surface area contributed by atoms with E-state index in [0.717, 1.165) is 24.8 Å². The summed E-state index contributed by atoms with van der Waals surface area (Å²) in [5.41, 5.74) is 3.31. The van der Waals surface area contributed by atoms with E-state index in [1.54, 1.807) is 26.8 Å². The molecule has 0 bridgehead atoms. The number of carbonyl (C=O) groups is 1. The fourth-order valence-electron chi connectivity index (χ4n) is 4.76. The minimum atomic E-state index is -0.989. The zero-order chi connectivity index (χ0) is 23.8. The van der Waals surface area contributed by atoms with E-state index >= 15 is 0 Å². The molecule has 0 aromatic heterocycles. The van der Waals surface area contributed by atoms with Gasteiger partial charge in [0, 0.05) is 18.2 Å². The first kappa shape index (κ1) is 23.2. The quantitative estimate of drug-likeness (QED) is 0.408. The van der Waals surface area contributed by atoms with Gasteiger partial charge in [-0.3, -0.25) is 20.3 Å². The number of carbonyl (C=O) groups excluding carboxylic acids is 1. The van der Waals surface area contributed by atoms with Gasteiger partial charge in [-0.05, 0) is 68.7 Å². The third-order valence-electron chi connectivity index (χ3n) is 6.30. The Morgan fingerprint density at radius 1 is 1.21 bits per heavy atom. The highest BCUT2D eigenvalue weighted by atomic mass is 16.6. The second-order valence-electron chi connectivity index (χ2n) is 9.84. The van der Waals surface area contributed by atoms with Crippen LogP contribution >= 0.6 is 0 Å². The highest BCUT2D eigenvalue weighted by Crippen LogP contribution is 2.33. The number of aliphatic hydroxyl groups is 1. The van der Waals surface area contributed by atoms with Crippen LogP contribution < -0.4 is 5.32 Å². The van der Waals surface area contributed by atoms with E-state index in [0.29, 0.717) is 12.0 Å². The van der Waals surface area contributed by atoms with Gasteiger partial charge in [0.15, 0.2) is 0 Å². The molecule has 1 amide bonds. The molecule has 33 heavy (non-hydrogen) atoms. The number of ether oxygens (including phenoxy) is 1. The maximum absolute atomic E-state index is 13.1.